The van der Waals surface area contributed by atoms with E-state index in [0.717, 1.165) is 12.0 Å². The topological polar surface area (TPSA) is 78.1 Å². The second-order valence-electron chi connectivity index (χ2n) is 4.51. The Kier molecular flexibility index (Phi) is 8.52. The van der Waals surface area contributed by atoms with Crippen molar-refractivity contribution >= 4 is 5.96 Å². The number of rotatable bonds is 10. The molecule has 0 radical (unpaired) electrons. The fourth-order valence-electron chi connectivity index (χ4n) is 1.73. The van der Waals surface area contributed by atoms with Gasteiger partial charge in [0.1, 0.15) is 0 Å². The van der Waals surface area contributed by atoms with Crippen LogP contribution in [0.5, 0.6) is 11.5 Å². The Morgan fingerprint density at radius 2 is 2.05 bits per heavy atom. The highest BCUT2D eigenvalue weighted by Gasteiger charge is 2.04. The average molecular weight is 307 g/mol. The Morgan fingerprint density at radius 1 is 1.27 bits per heavy atom. The standard InChI is InChI=1S/C16H25N3O3/c1-4-5-9-22-10-8-18-16(17)19-12-13-6-7-14(20-2)15(11-13)21-3/h4,6-7,11H,1,5,8-10,12H2,2-3H3,(H3,17,18,19). The van der Waals surface area contributed by atoms with E-state index in [1.165, 1.54) is 0 Å². The summed E-state index contributed by atoms with van der Waals surface area (Å²) in [5.41, 5.74) is 6.79. The van der Waals surface area contributed by atoms with Crippen LogP contribution in [0.4, 0.5) is 0 Å². The van der Waals surface area contributed by atoms with Gasteiger partial charge >= 0.3 is 0 Å². The van der Waals surface area contributed by atoms with Crippen LogP contribution in [-0.4, -0.2) is 39.9 Å². The Labute approximate surface area is 132 Å². The van der Waals surface area contributed by atoms with Gasteiger partial charge in [-0.05, 0) is 24.1 Å². The lowest BCUT2D eigenvalue weighted by Gasteiger charge is -2.09. The molecule has 0 atom stereocenters. The monoisotopic (exact) mass is 307 g/mol. The Bertz CT molecular complexity index is 490. The van der Waals surface area contributed by atoms with Crippen molar-refractivity contribution in [1.29, 1.82) is 0 Å². The van der Waals surface area contributed by atoms with Crippen LogP contribution < -0.4 is 20.5 Å². The molecule has 0 saturated carbocycles. The first-order valence-corrected chi connectivity index (χ1v) is 7.14. The lowest BCUT2D eigenvalue weighted by Crippen LogP contribution is -2.34. The summed E-state index contributed by atoms with van der Waals surface area (Å²) in [6, 6.07) is 5.66. The zero-order valence-electron chi connectivity index (χ0n) is 13.3. The van der Waals surface area contributed by atoms with Crippen molar-refractivity contribution in [3.63, 3.8) is 0 Å². The first kappa shape index (κ1) is 17.8. The summed E-state index contributed by atoms with van der Waals surface area (Å²) < 4.78 is 15.8. The minimum absolute atomic E-state index is 0.391. The highest BCUT2D eigenvalue weighted by atomic mass is 16.5. The van der Waals surface area contributed by atoms with Gasteiger partial charge in [0.25, 0.3) is 0 Å². The number of nitrogens with zero attached hydrogens (tertiary/aromatic N) is 1. The van der Waals surface area contributed by atoms with Gasteiger partial charge in [0.15, 0.2) is 17.5 Å². The van der Waals surface area contributed by atoms with E-state index in [1.807, 2.05) is 24.3 Å². The summed E-state index contributed by atoms with van der Waals surface area (Å²) in [4.78, 5) is 4.27. The largest absolute Gasteiger partial charge is 0.493 e. The summed E-state index contributed by atoms with van der Waals surface area (Å²) in [5.74, 6) is 1.76. The molecule has 0 aliphatic heterocycles. The second kappa shape index (κ2) is 10.5. The van der Waals surface area contributed by atoms with Crippen LogP contribution in [-0.2, 0) is 11.3 Å². The second-order valence-corrected chi connectivity index (χ2v) is 4.51. The van der Waals surface area contributed by atoms with Crippen LogP contribution in [0, 0.1) is 0 Å². The third kappa shape index (κ3) is 6.49. The van der Waals surface area contributed by atoms with Crippen molar-refractivity contribution in [2.45, 2.75) is 13.0 Å². The van der Waals surface area contributed by atoms with Gasteiger partial charge in [-0.2, -0.15) is 0 Å². The summed E-state index contributed by atoms with van der Waals surface area (Å²) in [7, 11) is 3.21. The molecule has 0 amide bonds. The van der Waals surface area contributed by atoms with Crippen molar-refractivity contribution in [3.8, 4) is 11.5 Å². The molecule has 0 unspecified atom stereocenters. The van der Waals surface area contributed by atoms with E-state index in [2.05, 4.69) is 16.9 Å². The lowest BCUT2D eigenvalue weighted by atomic mass is 10.2. The molecule has 0 aliphatic carbocycles. The number of aliphatic imine (C=N–C) groups is 1. The molecule has 6 heteroatoms. The van der Waals surface area contributed by atoms with Crippen LogP contribution >= 0.6 is 0 Å². The molecule has 0 aliphatic rings. The number of hydrogen-bond acceptors (Lipinski definition) is 4. The Hall–Kier alpha value is -2.21. The lowest BCUT2D eigenvalue weighted by molar-refractivity contribution is 0.143. The van der Waals surface area contributed by atoms with Gasteiger partial charge in [-0.15, -0.1) is 6.58 Å². The molecule has 0 spiro atoms. The quantitative estimate of drug-likeness (QED) is 0.298. The van der Waals surface area contributed by atoms with E-state index in [-0.39, 0.29) is 0 Å². The molecule has 3 N–H and O–H groups in total. The van der Waals surface area contributed by atoms with Crippen LogP contribution in [0.3, 0.4) is 0 Å². The molecular formula is C16H25N3O3. The minimum atomic E-state index is 0.391. The van der Waals surface area contributed by atoms with Gasteiger partial charge < -0.3 is 25.3 Å². The number of benzene rings is 1. The number of hydrogen-bond donors (Lipinski definition) is 2. The van der Waals surface area contributed by atoms with E-state index in [1.54, 1.807) is 14.2 Å². The summed E-state index contributed by atoms with van der Waals surface area (Å²) in [5, 5.41) is 3.00. The molecule has 1 aromatic rings. The number of methoxy groups -OCH3 is 2. The molecule has 1 rings (SSSR count). The van der Waals surface area contributed by atoms with Gasteiger partial charge in [0.2, 0.25) is 0 Å². The van der Waals surface area contributed by atoms with Crippen molar-refractivity contribution in [1.82, 2.24) is 5.32 Å². The van der Waals surface area contributed by atoms with Crippen molar-refractivity contribution in [2.24, 2.45) is 10.7 Å². The molecule has 0 heterocycles. The summed E-state index contributed by atoms with van der Waals surface area (Å²) >= 11 is 0. The predicted molar refractivity (Wildman–Crippen MR) is 88.5 cm³/mol. The summed E-state index contributed by atoms with van der Waals surface area (Å²) in [6.45, 7) is 5.98. The Morgan fingerprint density at radius 3 is 2.73 bits per heavy atom. The van der Waals surface area contributed by atoms with Crippen molar-refractivity contribution < 1.29 is 14.2 Å². The van der Waals surface area contributed by atoms with Crippen LogP contribution in [0.25, 0.3) is 0 Å². The molecule has 22 heavy (non-hydrogen) atoms. The smallest absolute Gasteiger partial charge is 0.188 e. The Balaban J connectivity index is 2.38. The molecule has 6 nitrogen and oxygen atoms in total. The highest BCUT2D eigenvalue weighted by Crippen LogP contribution is 2.27. The summed E-state index contributed by atoms with van der Waals surface area (Å²) in [6.07, 6.45) is 2.68. The third-order valence-corrected chi connectivity index (χ3v) is 2.90. The number of ether oxygens (including phenoxy) is 3. The fourth-order valence-corrected chi connectivity index (χ4v) is 1.73. The van der Waals surface area contributed by atoms with Gasteiger partial charge in [0, 0.05) is 6.54 Å². The van der Waals surface area contributed by atoms with E-state index >= 15 is 0 Å². The van der Waals surface area contributed by atoms with Crippen LogP contribution in [0.2, 0.25) is 0 Å². The molecule has 122 valence electrons. The van der Waals surface area contributed by atoms with E-state index in [4.69, 9.17) is 19.9 Å². The molecular weight excluding hydrogens is 282 g/mol. The van der Waals surface area contributed by atoms with Crippen molar-refractivity contribution in [2.75, 3.05) is 34.0 Å². The predicted octanol–water partition coefficient (Wildman–Crippen LogP) is 1.70. The molecule has 0 fully saturated rings. The number of nitrogens with one attached hydrogen (secondary N) is 1. The van der Waals surface area contributed by atoms with Gasteiger partial charge in [-0.1, -0.05) is 12.1 Å². The first-order valence-electron chi connectivity index (χ1n) is 7.14. The van der Waals surface area contributed by atoms with Gasteiger partial charge in [0.05, 0.1) is 34.0 Å². The van der Waals surface area contributed by atoms with Crippen LogP contribution in [0.1, 0.15) is 12.0 Å². The zero-order chi connectivity index (χ0) is 16.2. The van der Waals surface area contributed by atoms with Crippen molar-refractivity contribution in [3.05, 3.63) is 36.4 Å². The average Bonchev–Trinajstić information content (AvgIpc) is 2.55. The van der Waals surface area contributed by atoms with Crippen LogP contribution in [0.15, 0.2) is 35.8 Å². The fraction of sp³-hybridized carbons (Fsp3) is 0.438. The number of nitrogens with two attached hydrogens (primary N) is 1. The maximum atomic E-state index is 5.80. The SMILES string of the molecule is C=CCCOCCNC(N)=NCc1ccc(OC)c(OC)c1. The molecule has 0 saturated heterocycles. The highest BCUT2D eigenvalue weighted by molar-refractivity contribution is 5.77. The van der Waals surface area contributed by atoms with E-state index < -0.39 is 0 Å². The maximum absolute atomic E-state index is 5.80. The third-order valence-electron chi connectivity index (χ3n) is 2.90. The van der Waals surface area contributed by atoms with E-state index in [9.17, 15) is 0 Å². The van der Waals surface area contributed by atoms with Gasteiger partial charge in [-0.25, -0.2) is 4.99 Å². The number of guanidine groups is 1. The zero-order valence-corrected chi connectivity index (χ0v) is 13.3. The van der Waals surface area contributed by atoms with E-state index in [0.29, 0.717) is 43.8 Å². The first-order chi connectivity index (χ1) is 10.7. The normalized spacial score (nSPS) is 11.1. The molecule has 1 aromatic carbocycles. The minimum Gasteiger partial charge on any atom is -0.493 e. The molecule has 0 aromatic heterocycles. The van der Waals surface area contributed by atoms with Gasteiger partial charge in [-0.3, -0.25) is 0 Å². The molecule has 0 bridgehead atoms. The maximum Gasteiger partial charge on any atom is 0.188 e.